The van der Waals surface area contributed by atoms with Gasteiger partial charge in [-0.05, 0) is 60.5 Å². The summed E-state index contributed by atoms with van der Waals surface area (Å²) in [5.74, 6) is -1.02. The molecule has 31 heavy (non-hydrogen) atoms. The second-order valence-electron chi connectivity index (χ2n) is 7.24. The average molecular weight is 434 g/mol. The molecule has 5 nitrogen and oxygen atoms in total. The molecule has 1 atom stereocenters. The molecular weight excluding hydrogens is 414 g/mol. The highest BCUT2D eigenvalue weighted by Crippen LogP contribution is 2.43. The fourth-order valence-electron chi connectivity index (χ4n) is 3.78. The normalized spacial score (nSPS) is 17.8. The molecule has 156 valence electrons. The number of hydrogen-bond acceptors (Lipinski definition) is 4. The van der Waals surface area contributed by atoms with Gasteiger partial charge in [-0.25, -0.2) is 0 Å². The van der Waals surface area contributed by atoms with Crippen LogP contribution in [0.25, 0.3) is 5.76 Å². The number of benzene rings is 3. The fourth-order valence-corrected chi connectivity index (χ4v) is 3.91. The van der Waals surface area contributed by atoms with Gasteiger partial charge >= 0.3 is 0 Å². The Morgan fingerprint density at radius 2 is 1.61 bits per heavy atom. The summed E-state index contributed by atoms with van der Waals surface area (Å²) in [5, 5.41) is 11.6. The van der Waals surface area contributed by atoms with Crippen molar-refractivity contribution < 1.29 is 19.4 Å². The van der Waals surface area contributed by atoms with Crippen LogP contribution in [-0.4, -0.2) is 23.9 Å². The van der Waals surface area contributed by atoms with Gasteiger partial charge in [0.25, 0.3) is 11.7 Å². The summed E-state index contributed by atoms with van der Waals surface area (Å²) in [6.07, 6.45) is 0. The first kappa shape index (κ1) is 20.7. The zero-order valence-electron chi connectivity index (χ0n) is 17.0. The quantitative estimate of drug-likeness (QED) is 0.345. The number of carbonyl (C=O) groups is 2. The number of aryl methyl sites for hydroxylation is 1. The minimum Gasteiger partial charge on any atom is -0.507 e. The van der Waals surface area contributed by atoms with Crippen LogP contribution in [0.4, 0.5) is 5.69 Å². The maximum absolute atomic E-state index is 13.2. The molecule has 1 fully saturated rings. The Labute approximate surface area is 185 Å². The molecule has 1 unspecified atom stereocenters. The minimum absolute atomic E-state index is 0.0285. The number of methoxy groups -OCH3 is 1. The summed E-state index contributed by atoms with van der Waals surface area (Å²) >= 11 is 5.96. The van der Waals surface area contributed by atoms with E-state index in [9.17, 15) is 14.7 Å². The molecule has 6 heteroatoms. The van der Waals surface area contributed by atoms with Crippen LogP contribution >= 0.6 is 11.6 Å². The van der Waals surface area contributed by atoms with Gasteiger partial charge in [-0.15, -0.1) is 0 Å². The van der Waals surface area contributed by atoms with Crippen LogP contribution in [0.15, 0.2) is 78.4 Å². The summed E-state index contributed by atoms with van der Waals surface area (Å²) in [5.41, 5.74) is 2.57. The molecule has 1 aliphatic heterocycles. The predicted octanol–water partition coefficient (Wildman–Crippen LogP) is 5.28. The van der Waals surface area contributed by atoms with Crippen LogP contribution < -0.4 is 9.64 Å². The Morgan fingerprint density at radius 3 is 2.23 bits per heavy atom. The van der Waals surface area contributed by atoms with Crippen LogP contribution in [0.1, 0.15) is 22.7 Å². The summed E-state index contributed by atoms with van der Waals surface area (Å²) in [6.45, 7) is 1.87. The number of aliphatic hydroxyl groups is 1. The molecular formula is C25H20ClNO4. The molecule has 0 aliphatic carbocycles. The highest BCUT2D eigenvalue weighted by molar-refractivity contribution is 6.51. The molecule has 1 amide bonds. The van der Waals surface area contributed by atoms with Crippen molar-refractivity contribution in [3.8, 4) is 5.75 Å². The lowest BCUT2D eigenvalue weighted by atomic mass is 9.95. The lowest BCUT2D eigenvalue weighted by Gasteiger charge is -2.27. The molecule has 1 N–H and O–H groups in total. The Bertz CT molecular complexity index is 1180. The molecule has 3 aromatic rings. The van der Waals surface area contributed by atoms with Crippen molar-refractivity contribution in [1.29, 1.82) is 0 Å². The van der Waals surface area contributed by atoms with E-state index >= 15 is 0 Å². The van der Waals surface area contributed by atoms with E-state index < -0.39 is 17.7 Å². The summed E-state index contributed by atoms with van der Waals surface area (Å²) in [7, 11) is 1.56. The lowest BCUT2D eigenvalue weighted by Crippen LogP contribution is -2.30. The van der Waals surface area contributed by atoms with Crippen LogP contribution in [0.5, 0.6) is 5.75 Å². The van der Waals surface area contributed by atoms with Crippen molar-refractivity contribution in [3.05, 3.63) is 100 Å². The second-order valence-corrected chi connectivity index (χ2v) is 7.67. The van der Waals surface area contributed by atoms with Gasteiger partial charge in [0.05, 0.1) is 18.7 Å². The van der Waals surface area contributed by atoms with Crippen molar-refractivity contribution in [1.82, 2.24) is 0 Å². The van der Waals surface area contributed by atoms with Gasteiger partial charge in [0.2, 0.25) is 0 Å². The van der Waals surface area contributed by atoms with Gasteiger partial charge in [-0.3, -0.25) is 14.5 Å². The first-order valence-corrected chi connectivity index (χ1v) is 10.1. The SMILES string of the molecule is COc1ccc(C2/C(=C(/O)c3ccc(Cl)cc3)C(=O)C(=O)N2c2ccccc2C)cc1. The molecule has 0 bridgehead atoms. The molecule has 1 saturated heterocycles. The smallest absolute Gasteiger partial charge is 0.300 e. The van der Waals surface area contributed by atoms with E-state index in [1.807, 2.05) is 25.1 Å². The number of aliphatic hydroxyl groups excluding tert-OH is 1. The standard InChI is InChI=1S/C25H20ClNO4/c1-15-5-3-4-6-20(15)27-22(16-9-13-19(31-2)14-10-16)21(24(29)25(27)30)23(28)17-7-11-18(26)12-8-17/h3-14,22,28H,1-2H3/b23-21-. The third kappa shape index (κ3) is 3.68. The number of carbonyl (C=O) groups excluding carboxylic acids is 2. The molecule has 0 saturated carbocycles. The summed E-state index contributed by atoms with van der Waals surface area (Å²) < 4.78 is 5.24. The average Bonchev–Trinajstić information content (AvgIpc) is 3.05. The maximum Gasteiger partial charge on any atom is 0.300 e. The second kappa shape index (κ2) is 8.28. The summed E-state index contributed by atoms with van der Waals surface area (Å²) in [6, 6.07) is 20.1. The Morgan fingerprint density at radius 1 is 0.968 bits per heavy atom. The minimum atomic E-state index is -0.789. The largest absolute Gasteiger partial charge is 0.507 e. The molecule has 0 aromatic heterocycles. The van der Waals surface area contributed by atoms with E-state index in [2.05, 4.69) is 0 Å². The Kier molecular flexibility index (Phi) is 5.53. The summed E-state index contributed by atoms with van der Waals surface area (Å²) in [4.78, 5) is 27.7. The molecule has 0 spiro atoms. The van der Waals surface area contributed by atoms with Crippen LogP contribution in [-0.2, 0) is 9.59 Å². The third-order valence-corrected chi connectivity index (χ3v) is 5.62. The van der Waals surface area contributed by atoms with Crippen molar-refractivity contribution in [2.75, 3.05) is 12.0 Å². The van der Waals surface area contributed by atoms with E-state index in [0.29, 0.717) is 27.6 Å². The topological polar surface area (TPSA) is 66.8 Å². The molecule has 1 aliphatic rings. The van der Waals surface area contributed by atoms with Crippen LogP contribution in [0.2, 0.25) is 5.02 Å². The van der Waals surface area contributed by atoms with Gasteiger partial charge in [0, 0.05) is 16.3 Å². The van der Waals surface area contributed by atoms with Gasteiger partial charge in [-0.2, -0.15) is 0 Å². The van der Waals surface area contributed by atoms with Crippen molar-refractivity contribution in [2.24, 2.45) is 0 Å². The number of para-hydroxylation sites is 1. The monoisotopic (exact) mass is 433 g/mol. The number of Topliss-reactive ketones (excluding diaryl/α,β-unsaturated/α-hetero) is 1. The molecule has 4 rings (SSSR count). The van der Waals surface area contributed by atoms with E-state index in [0.717, 1.165) is 5.56 Å². The van der Waals surface area contributed by atoms with E-state index in [4.69, 9.17) is 16.3 Å². The predicted molar refractivity (Wildman–Crippen MR) is 120 cm³/mol. The zero-order valence-corrected chi connectivity index (χ0v) is 17.8. The molecule has 1 heterocycles. The highest BCUT2D eigenvalue weighted by Gasteiger charge is 2.47. The van der Waals surface area contributed by atoms with E-state index in [1.54, 1.807) is 61.7 Å². The number of amides is 1. The lowest BCUT2D eigenvalue weighted by molar-refractivity contribution is -0.132. The fraction of sp³-hybridized carbons (Fsp3) is 0.120. The Balaban J connectivity index is 1.95. The van der Waals surface area contributed by atoms with E-state index in [-0.39, 0.29) is 11.3 Å². The number of nitrogens with zero attached hydrogens (tertiary/aromatic N) is 1. The van der Waals surface area contributed by atoms with Crippen molar-refractivity contribution in [3.63, 3.8) is 0 Å². The number of hydrogen-bond donors (Lipinski definition) is 1. The van der Waals surface area contributed by atoms with Crippen LogP contribution in [0, 0.1) is 6.92 Å². The maximum atomic E-state index is 13.2. The zero-order chi connectivity index (χ0) is 22.1. The number of halogens is 1. The molecule has 0 radical (unpaired) electrons. The van der Waals surface area contributed by atoms with Crippen molar-refractivity contribution in [2.45, 2.75) is 13.0 Å². The Hall–Kier alpha value is -3.57. The number of ketones is 1. The molecule has 3 aromatic carbocycles. The third-order valence-electron chi connectivity index (χ3n) is 5.37. The number of rotatable bonds is 4. The van der Waals surface area contributed by atoms with Crippen molar-refractivity contribution >= 4 is 34.7 Å². The van der Waals surface area contributed by atoms with Gasteiger partial charge < -0.3 is 9.84 Å². The van der Waals surface area contributed by atoms with Crippen LogP contribution in [0.3, 0.4) is 0 Å². The van der Waals surface area contributed by atoms with Gasteiger partial charge in [0.1, 0.15) is 11.5 Å². The number of anilines is 1. The van der Waals surface area contributed by atoms with E-state index in [1.165, 1.54) is 4.90 Å². The number of ether oxygens (including phenoxy) is 1. The van der Waals surface area contributed by atoms with Gasteiger partial charge in [-0.1, -0.05) is 41.9 Å². The first-order chi connectivity index (χ1) is 14.9. The van der Waals surface area contributed by atoms with Gasteiger partial charge in [0.15, 0.2) is 0 Å². The first-order valence-electron chi connectivity index (χ1n) is 9.69. The highest BCUT2D eigenvalue weighted by atomic mass is 35.5.